The summed E-state index contributed by atoms with van der Waals surface area (Å²) in [5.74, 6) is 0.611. The fourth-order valence-electron chi connectivity index (χ4n) is 2.23. The summed E-state index contributed by atoms with van der Waals surface area (Å²) in [5.41, 5.74) is 6.55. The Morgan fingerprint density at radius 1 is 1.08 bits per heavy atom. The Labute approximate surface area is 138 Å². The van der Waals surface area contributed by atoms with Crippen LogP contribution in [-0.2, 0) is 7.05 Å². The molecule has 1 aromatic heterocycles. The van der Waals surface area contributed by atoms with Crippen molar-refractivity contribution in [3.63, 3.8) is 0 Å². The Balaban J connectivity index is 2.12. The molecule has 0 aliphatic heterocycles. The number of rotatable bonds is 4. The largest absolute Gasteiger partial charge is 0.457 e. The van der Waals surface area contributed by atoms with Crippen molar-refractivity contribution >= 4 is 5.91 Å². The average molecular weight is 321 g/mol. The molecular formula is C18H15N3O3. The van der Waals surface area contributed by atoms with Gasteiger partial charge in [-0.25, -0.2) is 4.68 Å². The first-order valence-electron chi connectivity index (χ1n) is 7.26. The minimum atomic E-state index is -0.549. The smallest absolute Gasteiger partial charge is 0.266 e. The van der Waals surface area contributed by atoms with Crippen LogP contribution in [0.1, 0.15) is 10.4 Å². The summed E-state index contributed by atoms with van der Waals surface area (Å²) in [4.78, 5) is 23.0. The van der Waals surface area contributed by atoms with Gasteiger partial charge in [0.1, 0.15) is 11.5 Å². The number of hydrogen-bond donors (Lipinski definition) is 1. The van der Waals surface area contributed by atoms with Gasteiger partial charge in [0.25, 0.3) is 5.56 Å². The molecule has 2 N–H and O–H groups in total. The molecule has 0 bridgehead atoms. The van der Waals surface area contributed by atoms with Gasteiger partial charge in [-0.1, -0.05) is 18.2 Å². The molecule has 6 heteroatoms. The van der Waals surface area contributed by atoms with Crippen molar-refractivity contribution in [2.24, 2.45) is 12.8 Å². The number of ether oxygens (including phenoxy) is 1. The van der Waals surface area contributed by atoms with E-state index in [1.54, 1.807) is 31.3 Å². The SMILES string of the molecule is Cn1nc(-c2cc(C(N)=O)ccc2Oc2ccccc2)ccc1=O. The lowest BCUT2D eigenvalue weighted by atomic mass is 10.1. The Morgan fingerprint density at radius 2 is 1.83 bits per heavy atom. The molecule has 0 saturated heterocycles. The van der Waals surface area contributed by atoms with E-state index in [-0.39, 0.29) is 5.56 Å². The van der Waals surface area contributed by atoms with Crippen molar-refractivity contribution in [1.82, 2.24) is 9.78 Å². The third kappa shape index (κ3) is 3.17. The van der Waals surface area contributed by atoms with E-state index >= 15 is 0 Å². The van der Waals surface area contributed by atoms with Gasteiger partial charge >= 0.3 is 0 Å². The third-order valence-electron chi connectivity index (χ3n) is 3.47. The van der Waals surface area contributed by atoms with Gasteiger partial charge in [0, 0.05) is 24.2 Å². The molecule has 3 aromatic rings. The molecule has 120 valence electrons. The van der Waals surface area contributed by atoms with E-state index in [0.717, 1.165) is 0 Å². The Kier molecular flexibility index (Phi) is 4.11. The number of carbonyl (C=O) groups is 1. The van der Waals surface area contributed by atoms with Crippen molar-refractivity contribution in [3.8, 4) is 22.8 Å². The highest BCUT2D eigenvalue weighted by atomic mass is 16.5. The number of hydrogen-bond acceptors (Lipinski definition) is 4. The van der Waals surface area contributed by atoms with Gasteiger partial charge in [0.15, 0.2) is 0 Å². The maximum absolute atomic E-state index is 11.5. The lowest BCUT2D eigenvalue weighted by Gasteiger charge is -2.12. The average Bonchev–Trinajstić information content (AvgIpc) is 2.58. The first kappa shape index (κ1) is 15.5. The summed E-state index contributed by atoms with van der Waals surface area (Å²) in [5, 5.41) is 4.22. The summed E-state index contributed by atoms with van der Waals surface area (Å²) >= 11 is 0. The monoisotopic (exact) mass is 321 g/mol. The molecule has 3 rings (SSSR count). The van der Waals surface area contributed by atoms with Crippen LogP contribution in [0, 0.1) is 0 Å². The van der Waals surface area contributed by atoms with E-state index in [2.05, 4.69) is 5.10 Å². The highest BCUT2D eigenvalue weighted by Crippen LogP contribution is 2.32. The van der Waals surface area contributed by atoms with Gasteiger partial charge in [0.2, 0.25) is 5.91 Å². The van der Waals surface area contributed by atoms with E-state index in [1.807, 2.05) is 30.3 Å². The van der Waals surface area contributed by atoms with Crippen LogP contribution in [0.4, 0.5) is 0 Å². The van der Waals surface area contributed by atoms with Crippen LogP contribution in [0.15, 0.2) is 65.5 Å². The van der Waals surface area contributed by atoms with Gasteiger partial charge in [-0.2, -0.15) is 5.10 Å². The van der Waals surface area contributed by atoms with E-state index in [9.17, 15) is 9.59 Å². The van der Waals surface area contributed by atoms with Gasteiger partial charge in [-0.3, -0.25) is 9.59 Å². The Bertz CT molecular complexity index is 949. The van der Waals surface area contributed by atoms with Crippen molar-refractivity contribution in [3.05, 3.63) is 76.6 Å². The molecule has 0 fully saturated rings. The molecular weight excluding hydrogens is 306 g/mol. The zero-order valence-corrected chi connectivity index (χ0v) is 13.0. The number of para-hydroxylation sites is 1. The summed E-state index contributed by atoms with van der Waals surface area (Å²) in [6.07, 6.45) is 0. The number of primary amides is 1. The second-order valence-corrected chi connectivity index (χ2v) is 5.17. The zero-order chi connectivity index (χ0) is 17.1. The van der Waals surface area contributed by atoms with Crippen molar-refractivity contribution in [1.29, 1.82) is 0 Å². The summed E-state index contributed by atoms with van der Waals surface area (Å²) in [6, 6.07) is 17.1. The van der Waals surface area contributed by atoms with Gasteiger partial charge in [-0.15, -0.1) is 0 Å². The number of nitrogens with two attached hydrogens (primary N) is 1. The van der Waals surface area contributed by atoms with Crippen molar-refractivity contribution in [2.45, 2.75) is 0 Å². The quantitative estimate of drug-likeness (QED) is 0.799. The van der Waals surface area contributed by atoms with E-state index < -0.39 is 5.91 Å². The number of aromatic nitrogens is 2. The fourth-order valence-corrected chi connectivity index (χ4v) is 2.23. The summed E-state index contributed by atoms with van der Waals surface area (Å²) < 4.78 is 7.11. The lowest BCUT2D eigenvalue weighted by Crippen LogP contribution is -2.18. The van der Waals surface area contributed by atoms with Crippen LogP contribution >= 0.6 is 0 Å². The first-order chi connectivity index (χ1) is 11.5. The third-order valence-corrected chi connectivity index (χ3v) is 3.47. The van der Waals surface area contributed by atoms with Gasteiger partial charge in [0.05, 0.1) is 5.69 Å². The van der Waals surface area contributed by atoms with E-state index in [1.165, 1.54) is 10.7 Å². The molecule has 6 nitrogen and oxygen atoms in total. The van der Waals surface area contributed by atoms with Crippen LogP contribution in [0.5, 0.6) is 11.5 Å². The van der Waals surface area contributed by atoms with Gasteiger partial charge < -0.3 is 10.5 Å². The first-order valence-corrected chi connectivity index (χ1v) is 7.26. The van der Waals surface area contributed by atoms with Crippen LogP contribution in [0.25, 0.3) is 11.3 Å². The molecule has 24 heavy (non-hydrogen) atoms. The van der Waals surface area contributed by atoms with Crippen LogP contribution in [0.3, 0.4) is 0 Å². The zero-order valence-electron chi connectivity index (χ0n) is 13.0. The molecule has 1 heterocycles. The maximum Gasteiger partial charge on any atom is 0.266 e. The number of benzene rings is 2. The Morgan fingerprint density at radius 3 is 2.50 bits per heavy atom. The van der Waals surface area contributed by atoms with Crippen LogP contribution in [-0.4, -0.2) is 15.7 Å². The highest BCUT2D eigenvalue weighted by molar-refractivity contribution is 5.94. The molecule has 0 saturated carbocycles. The fraction of sp³-hybridized carbons (Fsp3) is 0.0556. The van der Waals surface area contributed by atoms with Gasteiger partial charge in [-0.05, 0) is 36.4 Å². The van der Waals surface area contributed by atoms with Crippen LogP contribution in [0.2, 0.25) is 0 Å². The highest BCUT2D eigenvalue weighted by Gasteiger charge is 2.13. The minimum absolute atomic E-state index is 0.227. The van der Waals surface area contributed by atoms with E-state index in [4.69, 9.17) is 10.5 Å². The molecule has 0 unspecified atom stereocenters. The number of nitrogens with zero attached hydrogens (tertiary/aromatic N) is 2. The second-order valence-electron chi connectivity index (χ2n) is 5.17. The maximum atomic E-state index is 11.5. The molecule has 0 radical (unpaired) electrons. The topological polar surface area (TPSA) is 87.2 Å². The predicted octanol–water partition coefficient (Wildman–Crippen LogP) is 2.34. The second kappa shape index (κ2) is 6.37. The number of aryl methyl sites for hydroxylation is 1. The molecule has 0 spiro atoms. The summed E-state index contributed by atoms with van der Waals surface area (Å²) in [7, 11) is 1.56. The molecule has 2 aromatic carbocycles. The molecule has 0 aliphatic carbocycles. The molecule has 0 aliphatic rings. The van der Waals surface area contributed by atoms with Crippen molar-refractivity contribution in [2.75, 3.05) is 0 Å². The van der Waals surface area contributed by atoms with Crippen molar-refractivity contribution < 1.29 is 9.53 Å². The lowest BCUT2D eigenvalue weighted by molar-refractivity contribution is 0.100. The van der Waals surface area contributed by atoms with E-state index in [0.29, 0.717) is 28.3 Å². The number of amides is 1. The normalized spacial score (nSPS) is 10.4. The Hall–Kier alpha value is -3.41. The number of carbonyl (C=O) groups excluding carboxylic acids is 1. The molecule has 0 atom stereocenters. The standard InChI is InChI=1S/C18H15N3O3/c1-21-17(22)10-8-15(20-21)14-11-12(18(19)23)7-9-16(14)24-13-5-3-2-4-6-13/h2-11H,1H3,(H2,19,23). The van der Waals surface area contributed by atoms with Crippen LogP contribution < -0.4 is 16.0 Å². The summed E-state index contributed by atoms with van der Waals surface area (Å²) in [6.45, 7) is 0. The predicted molar refractivity (Wildman–Crippen MR) is 89.9 cm³/mol. The minimum Gasteiger partial charge on any atom is -0.457 e. The molecule has 1 amide bonds.